The summed E-state index contributed by atoms with van der Waals surface area (Å²) in [7, 11) is 0. The zero-order valence-electron chi connectivity index (χ0n) is 17.6. The van der Waals surface area contributed by atoms with Gasteiger partial charge in [0.25, 0.3) is 5.91 Å². The number of nitrogens with two attached hydrogens (primary N) is 1. The van der Waals surface area contributed by atoms with Crippen LogP contribution in [0.3, 0.4) is 0 Å². The quantitative estimate of drug-likeness (QED) is 0.623. The molecule has 1 aromatic carbocycles. The van der Waals surface area contributed by atoms with Gasteiger partial charge in [0.15, 0.2) is 0 Å². The van der Waals surface area contributed by atoms with E-state index >= 15 is 0 Å². The standard InChI is InChI=1S/C23H29N5O2/c1-16-11-13-28(26-12-10-18-6-4-3-5-7-18)23(30)20(16)14-22(29)25-15-19-8-9-21(24)27-17(19)2/h3-9,26H,10-15H2,1-2H3,(H2,24,27)(H,25,29). The number of aryl methyl sites for hydroxylation is 1. The number of hydrogen-bond acceptors (Lipinski definition) is 5. The van der Waals surface area contributed by atoms with Crippen molar-refractivity contribution in [3.8, 4) is 0 Å². The Labute approximate surface area is 177 Å². The van der Waals surface area contributed by atoms with E-state index in [0.29, 0.717) is 31.0 Å². The molecule has 0 saturated carbocycles. The number of nitrogens with one attached hydrogen (secondary N) is 2. The van der Waals surface area contributed by atoms with E-state index in [4.69, 9.17) is 5.73 Å². The number of pyridine rings is 1. The molecule has 0 radical (unpaired) electrons. The number of carbonyl (C=O) groups is 2. The van der Waals surface area contributed by atoms with Crippen LogP contribution in [-0.4, -0.2) is 34.9 Å². The van der Waals surface area contributed by atoms with E-state index in [1.54, 1.807) is 11.1 Å². The second-order valence-electron chi connectivity index (χ2n) is 7.54. The summed E-state index contributed by atoms with van der Waals surface area (Å²) >= 11 is 0. The first-order valence-corrected chi connectivity index (χ1v) is 10.2. The molecule has 0 atom stereocenters. The largest absolute Gasteiger partial charge is 0.384 e. The Kier molecular flexibility index (Phi) is 7.19. The highest BCUT2D eigenvalue weighted by Crippen LogP contribution is 2.20. The Hall–Kier alpha value is -3.19. The maximum atomic E-state index is 12.9. The van der Waals surface area contributed by atoms with Crippen LogP contribution >= 0.6 is 0 Å². The highest BCUT2D eigenvalue weighted by atomic mass is 16.2. The van der Waals surface area contributed by atoms with Gasteiger partial charge in [-0.1, -0.05) is 42.0 Å². The first-order chi connectivity index (χ1) is 14.4. The van der Waals surface area contributed by atoms with E-state index in [0.717, 1.165) is 29.7 Å². The maximum Gasteiger partial charge on any atom is 0.264 e. The van der Waals surface area contributed by atoms with Crippen LogP contribution in [0.4, 0.5) is 5.82 Å². The topological polar surface area (TPSA) is 100 Å². The maximum absolute atomic E-state index is 12.9. The fourth-order valence-corrected chi connectivity index (χ4v) is 3.45. The number of hydrazine groups is 1. The molecule has 3 rings (SSSR count). The molecular weight excluding hydrogens is 378 g/mol. The number of anilines is 1. The molecule has 2 amide bonds. The molecular formula is C23H29N5O2. The van der Waals surface area contributed by atoms with Gasteiger partial charge in [-0.25, -0.2) is 10.4 Å². The van der Waals surface area contributed by atoms with Crippen molar-refractivity contribution in [1.82, 2.24) is 20.7 Å². The van der Waals surface area contributed by atoms with Crippen molar-refractivity contribution in [2.24, 2.45) is 0 Å². The van der Waals surface area contributed by atoms with Crippen LogP contribution in [0.5, 0.6) is 0 Å². The van der Waals surface area contributed by atoms with E-state index in [2.05, 4.69) is 27.9 Å². The van der Waals surface area contributed by atoms with Gasteiger partial charge >= 0.3 is 0 Å². The van der Waals surface area contributed by atoms with Crippen LogP contribution in [0, 0.1) is 6.92 Å². The average Bonchev–Trinajstić information content (AvgIpc) is 2.73. The summed E-state index contributed by atoms with van der Waals surface area (Å²) in [5.41, 5.74) is 13.3. The third kappa shape index (κ3) is 5.67. The third-order valence-electron chi connectivity index (χ3n) is 5.32. The number of hydrogen-bond donors (Lipinski definition) is 3. The van der Waals surface area contributed by atoms with E-state index in [1.807, 2.05) is 38.1 Å². The van der Waals surface area contributed by atoms with Crippen LogP contribution in [0.15, 0.2) is 53.6 Å². The molecule has 2 aromatic rings. The predicted octanol–water partition coefficient (Wildman–Crippen LogP) is 2.27. The molecule has 2 heterocycles. The highest BCUT2D eigenvalue weighted by Gasteiger charge is 2.26. The molecule has 30 heavy (non-hydrogen) atoms. The van der Waals surface area contributed by atoms with Crippen LogP contribution in [0.25, 0.3) is 0 Å². The number of carbonyl (C=O) groups excluding carboxylic acids is 2. The van der Waals surface area contributed by atoms with E-state index in [1.165, 1.54) is 5.56 Å². The van der Waals surface area contributed by atoms with Crippen molar-refractivity contribution in [2.75, 3.05) is 18.8 Å². The SMILES string of the molecule is CC1=C(CC(=O)NCc2ccc(N)nc2C)C(=O)N(NCCc2ccccc2)CC1. The number of nitrogens with zero attached hydrogens (tertiary/aromatic N) is 2. The Balaban J connectivity index is 1.52. The van der Waals surface area contributed by atoms with Crippen molar-refractivity contribution >= 4 is 17.6 Å². The van der Waals surface area contributed by atoms with Gasteiger partial charge in [-0.05, 0) is 43.9 Å². The van der Waals surface area contributed by atoms with Gasteiger partial charge in [0, 0.05) is 30.9 Å². The summed E-state index contributed by atoms with van der Waals surface area (Å²) in [6.07, 6.45) is 1.66. The molecule has 0 saturated heterocycles. The Morgan fingerprint density at radius 2 is 1.93 bits per heavy atom. The molecule has 0 unspecified atom stereocenters. The van der Waals surface area contributed by atoms with Crippen LogP contribution in [0.1, 0.15) is 36.6 Å². The van der Waals surface area contributed by atoms with Crippen molar-refractivity contribution in [3.05, 3.63) is 70.4 Å². The number of amides is 2. The number of rotatable bonds is 8. The van der Waals surface area contributed by atoms with Gasteiger partial charge in [-0.2, -0.15) is 0 Å². The van der Waals surface area contributed by atoms with E-state index < -0.39 is 0 Å². The molecule has 0 spiro atoms. The second-order valence-corrected chi connectivity index (χ2v) is 7.54. The molecule has 158 valence electrons. The van der Waals surface area contributed by atoms with Crippen LogP contribution < -0.4 is 16.5 Å². The molecule has 0 aliphatic carbocycles. The van der Waals surface area contributed by atoms with Crippen LogP contribution in [-0.2, 0) is 22.6 Å². The molecule has 1 aromatic heterocycles. The van der Waals surface area contributed by atoms with Gasteiger partial charge in [-0.3, -0.25) is 14.6 Å². The first kappa shape index (κ1) is 21.5. The van der Waals surface area contributed by atoms with Crippen molar-refractivity contribution in [1.29, 1.82) is 0 Å². The second kappa shape index (κ2) is 10.0. The van der Waals surface area contributed by atoms with E-state index in [-0.39, 0.29) is 18.2 Å². The van der Waals surface area contributed by atoms with Crippen LogP contribution in [0.2, 0.25) is 0 Å². The van der Waals surface area contributed by atoms with E-state index in [9.17, 15) is 9.59 Å². The number of benzene rings is 1. The first-order valence-electron chi connectivity index (χ1n) is 10.2. The number of aromatic nitrogens is 1. The zero-order valence-corrected chi connectivity index (χ0v) is 17.6. The van der Waals surface area contributed by atoms with Crippen molar-refractivity contribution < 1.29 is 9.59 Å². The number of nitrogen functional groups attached to an aromatic ring is 1. The van der Waals surface area contributed by atoms with Crippen molar-refractivity contribution in [3.63, 3.8) is 0 Å². The summed E-state index contributed by atoms with van der Waals surface area (Å²) in [5, 5.41) is 4.51. The smallest absolute Gasteiger partial charge is 0.264 e. The average molecular weight is 408 g/mol. The van der Waals surface area contributed by atoms with Gasteiger partial charge in [-0.15, -0.1) is 0 Å². The van der Waals surface area contributed by atoms with Gasteiger partial charge in [0.1, 0.15) is 5.82 Å². The fourth-order valence-electron chi connectivity index (χ4n) is 3.45. The molecule has 0 bridgehead atoms. The Bertz CT molecular complexity index is 940. The monoisotopic (exact) mass is 407 g/mol. The Morgan fingerprint density at radius 1 is 1.17 bits per heavy atom. The predicted molar refractivity (Wildman–Crippen MR) is 117 cm³/mol. The lowest BCUT2D eigenvalue weighted by Crippen LogP contribution is -2.47. The summed E-state index contributed by atoms with van der Waals surface area (Å²) in [6.45, 7) is 5.42. The normalized spacial score (nSPS) is 14.2. The fraction of sp³-hybridized carbons (Fsp3) is 0.348. The molecule has 1 aliphatic rings. The lowest BCUT2D eigenvalue weighted by Gasteiger charge is -2.30. The van der Waals surface area contributed by atoms with Gasteiger partial charge in [0.2, 0.25) is 5.91 Å². The van der Waals surface area contributed by atoms with Gasteiger partial charge in [0.05, 0.1) is 6.42 Å². The van der Waals surface area contributed by atoms with Crippen molar-refractivity contribution in [2.45, 2.75) is 39.7 Å². The molecule has 7 nitrogen and oxygen atoms in total. The lowest BCUT2D eigenvalue weighted by molar-refractivity contribution is -0.132. The van der Waals surface area contributed by atoms with Gasteiger partial charge < -0.3 is 11.1 Å². The molecule has 1 aliphatic heterocycles. The third-order valence-corrected chi connectivity index (χ3v) is 5.32. The minimum atomic E-state index is -0.180. The molecule has 7 heteroatoms. The summed E-state index contributed by atoms with van der Waals surface area (Å²) in [5.74, 6) is 0.156. The minimum absolute atomic E-state index is 0.0724. The Morgan fingerprint density at radius 3 is 2.67 bits per heavy atom. The molecule has 4 N–H and O–H groups in total. The minimum Gasteiger partial charge on any atom is -0.384 e. The highest BCUT2D eigenvalue weighted by molar-refractivity contribution is 5.99. The summed E-state index contributed by atoms with van der Waals surface area (Å²) in [6, 6.07) is 13.7. The lowest BCUT2D eigenvalue weighted by atomic mass is 9.98. The zero-order chi connectivity index (χ0) is 21.5. The summed E-state index contributed by atoms with van der Waals surface area (Å²) in [4.78, 5) is 29.6. The molecule has 0 fully saturated rings. The summed E-state index contributed by atoms with van der Waals surface area (Å²) < 4.78 is 0.